The van der Waals surface area contributed by atoms with E-state index < -0.39 is 0 Å². The molecule has 6 heteroatoms. The Hall–Kier alpha value is -2.24. The molecule has 0 fully saturated rings. The van der Waals surface area contributed by atoms with Crippen molar-refractivity contribution < 1.29 is 14.6 Å². The molecule has 1 heterocycles. The van der Waals surface area contributed by atoms with E-state index in [9.17, 15) is 9.90 Å². The van der Waals surface area contributed by atoms with Gasteiger partial charge in [-0.2, -0.15) is 4.99 Å². The first-order chi connectivity index (χ1) is 8.52. The number of phenols is 1. The number of nitrogens with zero attached hydrogens (tertiary/aromatic N) is 2. The van der Waals surface area contributed by atoms with Crippen LogP contribution in [0.4, 0.5) is 0 Å². The van der Waals surface area contributed by atoms with Gasteiger partial charge in [0.05, 0.1) is 7.11 Å². The van der Waals surface area contributed by atoms with Crippen LogP contribution in [0.1, 0.15) is 5.56 Å². The molecular formula is C12H15N3O3. The maximum absolute atomic E-state index is 11.6. The summed E-state index contributed by atoms with van der Waals surface area (Å²) >= 11 is 0. The number of guanidine groups is 1. The molecule has 18 heavy (non-hydrogen) atoms. The van der Waals surface area contributed by atoms with Crippen LogP contribution in [0.2, 0.25) is 0 Å². The van der Waals surface area contributed by atoms with Crippen molar-refractivity contribution in [3.63, 3.8) is 0 Å². The second-order valence-corrected chi connectivity index (χ2v) is 4.15. The van der Waals surface area contributed by atoms with Crippen LogP contribution in [0.3, 0.4) is 0 Å². The van der Waals surface area contributed by atoms with Crippen molar-refractivity contribution in [2.24, 2.45) is 10.7 Å². The zero-order chi connectivity index (χ0) is 13.3. The fourth-order valence-electron chi connectivity index (χ4n) is 1.89. The van der Waals surface area contributed by atoms with Crippen LogP contribution in [0, 0.1) is 0 Å². The van der Waals surface area contributed by atoms with Gasteiger partial charge in [0.25, 0.3) is 5.91 Å². The van der Waals surface area contributed by atoms with E-state index in [1.807, 2.05) is 0 Å². The Balaban J connectivity index is 2.18. The molecule has 1 aromatic rings. The molecule has 1 unspecified atom stereocenters. The number of hydrogen-bond acceptors (Lipinski definition) is 5. The minimum absolute atomic E-state index is 0.0723. The predicted octanol–water partition coefficient (Wildman–Crippen LogP) is 0.0986. The zero-order valence-electron chi connectivity index (χ0n) is 10.3. The summed E-state index contributed by atoms with van der Waals surface area (Å²) in [6.45, 7) is 0. The molecule has 0 bridgehead atoms. The molecule has 1 aromatic carbocycles. The Bertz CT molecular complexity index is 513. The van der Waals surface area contributed by atoms with Gasteiger partial charge in [0.2, 0.25) is 0 Å². The normalized spacial score (nSPS) is 19.0. The molecule has 0 spiro atoms. The van der Waals surface area contributed by atoms with Gasteiger partial charge in [0.1, 0.15) is 6.04 Å². The number of nitrogens with two attached hydrogens (primary N) is 1. The van der Waals surface area contributed by atoms with E-state index in [-0.39, 0.29) is 23.7 Å². The van der Waals surface area contributed by atoms with Crippen molar-refractivity contribution in [2.45, 2.75) is 12.5 Å². The van der Waals surface area contributed by atoms with Crippen molar-refractivity contribution in [1.29, 1.82) is 0 Å². The minimum atomic E-state index is -0.390. The lowest BCUT2D eigenvalue weighted by Crippen LogP contribution is -2.39. The summed E-state index contributed by atoms with van der Waals surface area (Å²) in [5.74, 6) is 0.440. The number of amides is 1. The molecule has 2 rings (SSSR count). The van der Waals surface area contributed by atoms with Gasteiger partial charge in [-0.1, -0.05) is 6.07 Å². The summed E-state index contributed by atoms with van der Waals surface area (Å²) in [4.78, 5) is 17.0. The number of hydrogen-bond donors (Lipinski definition) is 2. The van der Waals surface area contributed by atoms with Gasteiger partial charge in [0.15, 0.2) is 17.5 Å². The van der Waals surface area contributed by atoms with Gasteiger partial charge in [0, 0.05) is 13.5 Å². The number of ether oxygens (including phenoxy) is 1. The molecule has 0 radical (unpaired) electrons. The molecule has 96 valence electrons. The Labute approximate surface area is 105 Å². The van der Waals surface area contributed by atoms with Crippen molar-refractivity contribution in [3.8, 4) is 11.5 Å². The monoisotopic (exact) mass is 249 g/mol. The van der Waals surface area contributed by atoms with Crippen LogP contribution in [-0.4, -0.2) is 42.1 Å². The van der Waals surface area contributed by atoms with E-state index in [4.69, 9.17) is 10.5 Å². The third kappa shape index (κ3) is 2.09. The zero-order valence-corrected chi connectivity index (χ0v) is 10.3. The highest BCUT2D eigenvalue weighted by molar-refractivity contribution is 6.02. The van der Waals surface area contributed by atoms with Gasteiger partial charge in [-0.15, -0.1) is 0 Å². The van der Waals surface area contributed by atoms with Crippen LogP contribution >= 0.6 is 0 Å². The molecule has 1 atom stereocenters. The second kappa shape index (κ2) is 4.56. The smallest absolute Gasteiger partial charge is 0.271 e. The Morgan fingerprint density at radius 3 is 2.83 bits per heavy atom. The van der Waals surface area contributed by atoms with Gasteiger partial charge in [-0.05, 0) is 17.7 Å². The van der Waals surface area contributed by atoms with Crippen LogP contribution in [-0.2, 0) is 11.2 Å². The molecule has 0 aromatic heterocycles. The Morgan fingerprint density at radius 1 is 1.56 bits per heavy atom. The molecule has 1 aliphatic rings. The lowest BCUT2D eigenvalue weighted by Gasteiger charge is -2.19. The van der Waals surface area contributed by atoms with E-state index in [0.29, 0.717) is 12.2 Å². The Kier molecular flexibility index (Phi) is 3.10. The number of carbonyl (C=O) groups is 1. The van der Waals surface area contributed by atoms with Crippen molar-refractivity contribution in [3.05, 3.63) is 23.8 Å². The summed E-state index contributed by atoms with van der Waals surface area (Å²) in [6, 6.07) is 4.59. The first-order valence-electron chi connectivity index (χ1n) is 5.49. The summed E-state index contributed by atoms with van der Waals surface area (Å²) in [5.41, 5.74) is 6.46. The van der Waals surface area contributed by atoms with E-state index in [1.54, 1.807) is 24.1 Å². The number of phenolic OH excluding ortho intramolecular Hbond substituents is 1. The highest BCUT2D eigenvalue weighted by atomic mass is 16.5. The van der Waals surface area contributed by atoms with E-state index in [0.717, 1.165) is 5.56 Å². The largest absolute Gasteiger partial charge is 0.504 e. The number of carbonyl (C=O) groups excluding carboxylic acids is 1. The number of rotatable bonds is 3. The van der Waals surface area contributed by atoms with Crippen LogP contribution in [0.5, 0.6) is 11.5 Å². The standard InChI is InChI=1S/C12H15N3O3/c1-15-8(11(17)14-12(15)13)5-7-3-4-9(16)10(6-7)18-2/h3-4,6,8,16H,5H2,1-2H3,(H2,13,14,17). The molecule has 0 saturated heterocycles. The average Bonchev–Trinajstić information content (AvgIpc) is 2.58. The lowest BCUT2D eigenvalue weighted by atomic mass is 10.0. The number of aromatic hydroxyl groups is 1. The average molecular weight is 249 g/mol. The summed E-state index contributed by atoms with van der Waals surface area (Å²) < 4.78 is 5.02. The van der Waals surface area contributed by atoms with Gasteiger partial charge >= 0.3 is 0 Å². The highest BCUT2D eigenvalue weighted by Gasteiger charge is 2.31. The molecule has 1 aliphatic heterocycles. The lowest BCUT2D eigenvalue weighted by molar-refractivity contribution is -0.120. The van der Waals surface area contributed by atoms with Gasteiger partial charge in [-0.3, -0.25) is 4.79 Å². The topological polar surface area (TPSA) is 88.1 Å². The minimum Gasteiger partial charge on any atom is -0.504 e. The highest BCUT2D eigenvalue weighted by Crippen LogP contribution is 2.27. The SMILES string of the molecule is COc1cc(CC2C(=O)N=C(N)N2C)ccc1O. The third-order valence-corrected chi connectivity index (χ3v) is 3.01. The number of likely N-dealkylation sites (N-methyl/N-ethyl adjacent to an activating group) is 1. The molecule has 6 nitrogen and oxygen atoms in total. The van der Waals surface area contributed by atoms with Crippen LogP contribution < -0.4 is 10.5 Å². The van der Waals surface area contributed by atoms with Crippen LogP contribution in [0.15, 0.2) is 23.2 Å². The Morgan fingerprint density at radius 2 is 2.28 bits per heavy atom. The second-order valence-electron chi connectivity index (χ2n) is 4.15. The molecular weight excluding hydrogens is 234 g/mol. The van der Waals surface area contributed by atoms with Crippen molar-refractivity contribution in [1.82, 2.24) is 4.90 Å². The number of methoxy groups -OCH3 is 1. The predicted molar refractivity (Wildman–Crippen MR) is 66.5 cm³/mol. The molecule has 3 N–H and O–H groups in total. The van der Waals surface area contributed by atoms with E-state index >= 15 is 0 Å². The number of aliphatic imine (C=N–C) groups is 1. The molecule has 0 saturated carbocycles. The number of benzene rings is 1. The maximum Gasteiger partial charge on any atom is 0.271 e. The van der Waals surface area contributed by atoms with Gasteiger partial charge in [-0.25, -0.2) is 0 Å². The molecule has 1 amide bonds. The van der Waals surface area contributed by atoms with Crippen LogP contribution in [0.25, 0.3) is 0 Å². The molecule has 0 aliphatic carbocycles. The quantitative estimate of drug-likeness (QED) is 0.793. The van der Waals surface area contributed by atoms with E-state index in [2.05, 4.69) is 4.99 Å². The van der Waals surface area contributed by atoms with E-state index in [1.165, 1.54) is 13.2 Å². The van der Waals surface area contributed by atoms with Crippen molar-refractivity contribution in [2.75, 3.05) is 14.2 Å². The fourth-order valence-corrected chi connectivity index (χ4v) is 1.89. The van der Waals surface area contributed by atoms with Crippen molar-refractivity contribution >= 4 is 11.9 Å². The summed E-state index contributed by atoms with van der Waals surface area (Å²) in [6.07, 6.45) is 0.468. The fraction of sp³-hybridized carbons (Fsp3) is 0.333. The van der Waals surface area contributed by atoms with Gasteiger partial charge < -0.3 is 20.5 Å². The third-order valence-electron chi connectivity index (χ3n) is 3.01. The summed E-state index contributed by atoms with van der Waals surface area (Å²) in [5, 5.41) is 9.50. The first kappa shape index (κ1) is 12.2. The first-order valence-corrected chi connectivity index (χ1v) is 5.49. The maximum atomic E-state index is 11.6. The summed E-state index contributed by atoms with van der Waals surface area (Å²) in [7, 11) is 3.21.